The smallest absolute Gasteiger partial charge is 0.119 e. The molecule has 0 spiro atoms. The third-order valence-electron chi connectivity index (χ3n) is 3.63. The first-order valence-electron chi connectivity index (χ1n) is 6.88. The van der Waals surface area contributed by atoms with E-state index in [1.807, 2.05) is 41.7 Å². The summed E-state index contributed by atoms with van der Waals surface area (Å²) in [4.78, 5) is 1.53. The zero-order valence-electron chi connectivity index (χ0n) is 11.0. The van der Waals surface area contributed by atoms with Crippen LogP contribution in [0.25, 0.3) is 0 Å². The van der Waals surface area contributed by atoms with E-state index in [0.29, 0.717) is 6.61 Å². The van der Waals surface area contributed by atoms with Crippen LogP contribution >= 0.6 is 11.3 Å². The maximum Gasteiger partial charge on any atom is 0.119 e. The van der Waals surface area contributed by atoms with Gasteiger partial charge in [0.25, 0.3) is 0 Å². The lowest BCUT2D eigenvalue weighted by molar-refractivity contribution is 0.304. The molecule has 0 unspecified atom stereocenters. The highest BCUT2D eigenvalue weighted by Gasteiger charge is 2.19. The van der Waals surface area contributed by atoms with Crippen molar-refractivity contribution in [1.82, 2.24) is 5.32 Å². The summed E-state index contributed by atoms with van der Waals surface area (Å²) in [5, 5.41) is 5.62. The van der Waals surface area contributed by atoms with E-state index in [2.05, 4.69) is 16.8 Å². The SMILES string of the molecule is c1ccc(OCc2ccsc2C2CCNCC2)cc1. The molecule has 1 aromatic heterocycles. The second kappa shape index (κ2) is 6.22. The quantitative estimate of drug-likeness (QED) is 0.915. The van der Waals surface area contributed by atoms with Gasteiger partial charge in [-0.15, -0.1) is 11.3 Å². The molecule has 1 saturated heterocycles. The number of para-hydroxylation sites is 1. The predicted octanol–water partition coefficient (Wildman–Crippen LogP) is 3.79. The summed E-state index contributed by atoms with van der Waals surface area (Å²) in [6.45, 7) is 2.97. The van der Waals surface area contributed by atoms with Crippen LogP contribution in [-0.2, 0) is 6.61 Å². The first-order valence-corrected chi connectivity index (χ1v) is 7.76. The van der Waals surface area contributed by atoms with Crippen molar-refractivity contribution >= 4 is 11.3 Å². The van der Waals surface area contributed by atoms with Gasteiger partial charge in [-0.1, -0.05) is 18.2 Å². The van der Waals surface area contributed by atoms with Gasteiger partial charge in [0, 0.05) is 10.4 Å². The molecule has 0 saturated carbocycles. The van der Waals surface area contributed by atoms with Crippen molar-refractivity contribution in [2.24, 2.45) is 0 Å². The molecule has 0 radical (unpaired) electrons. The van der Waals surface area contributed by atoms with Crippen molar-refractivity contribution in [2.75, 3.05) is 13.1 Å². The molecule has 2 nitrogen and oxygen atoms in total. The van der Waals surface area contributed by atoms with Crippen molar-refractivity contribution in [3.63, 3.8) is 0 Å². The van der Waals surface area contributed by atoms with Gasteiger partial charge in [-0.3, -0.25) is 0 Å². The van der Waals surface area contributed by atoms with Crippen LogP contribution in [0.5, 0.6) is 5.75 Å². The molecule has 0 aliphatic carbocycles. The normalized spacial score (nSPS) is 16.4. The maximum absolute atomic E-state index is 5.87. The highest BCUT2D eigenvalue weighted by Crippen LogP contribution is 2.32. The van der Waals surface area contributed by atoms with Gasteiger partial charge in [0.1, 0.15) is 12.4 Å². The first-order chi connectivity index (χ1) is 9.43. The number of thiophene rings is 1. The van der Waals surface area contributed by atoms with Crippen molar-refractivity contribution in [3.05, 3.63) is 52.2 Å². The maximum atomic E-state index is 5.87. The molecular formula is C16H19NOS. The molecular weight excluding hydrogens is 254 g/mol. The van der Waals surface area contributed by atoms with Gasteiger partial charge in [-0.05, 0) is 55.4 Å². The third kappa shape index (κ3) is 3.17. The fourth-order valence-corrected chi connectivity index (χ4v) is 3.67. The van der Waals surface area contributed by atoms with Gasteiger partial charge in [0.15, 0.2) is 0 Å². The molecule has 1 fully saturated rings. The highest BCUT2D eigenvalue weighted by atomic mass is 32.1. The number of benzene rings is 1. The zero-order valence-corrected chi connectivity index (χ0v) is 11.8. The molecule has 1 N–H and O–H groups in total. The monoisotopic (exact) mass is 273 g/mol. The Bertz CT molecular complexity index is 502. The summed E-state index contributed by atoms with van der Waals surface area (Å²) < 4.78 is 5.87. The summed E-state index contributed by atoms with van der Waals surface area (Å²) in [7, 11) is 0. The molecule has 1 aromatic carbocycles. The Morgan fingerprint density at radius 1 is 1.11 bits per heavy atom. The topological polar surface area (TPSA) is 21.3 Å². The lowest BCUT2D eigenvalue weighted by Gasteiger charge is -2.22. The van der Waals surface area contributed by atoms with E-state index in [4.69, 9.17) is 4.74 Å². The Balaban J connectivity index is 1.66. The number of ether oxygens (including phenoxy) is 1. The van der Waals surface area contributed by atoms with E-state index in [0.717, 1.165) is 24.8 Å². The first kappa shape index (κ1) is 12.7. The van der Waals surface area contributed by atoms with Crippen molar-refractivity contribution in [3.8, 4) is 5.75 Å². The average molecular weight is 273 g/mol. The molecule has 0 bridgehead atoms. The van der Waals surface area contributed by atoms with Gasteiger partial charge < -0.3 is 10.1 Å². The summed E-state index contributed by atoms with van der Waals surface area (Å²) in [6, 6.07) is 12.3. The molecule has 1 aliphatic rings. The number of rotatable bonds is 4. The summed E-state index contributed by atoms with van der Waals surface area (Å²) >= 11 is 1.88. The van der Waals surface area contributed by atoms with Crippen molar-refractivity contribution in [1.29, 1.82) is 0 Å². The molecule has 0 atom stereocenters. The Morgan fingerprint density at radius 2 is 1.89 bits per heavy atom. The summed E-state index contributed by atoms with van der Waals surface area (Å²) in [6.07, 6.45) is 2.50. The highest BCUT2D eigenvalue weighted by molar-refractivity contribution is 7.10. The second-order valence-corrected chi connectivity index (χ2v) is 5.88. The van der Waals surface area contributed by atoms with Gasteiger partial charge in [0.05, 0.1) is 0 Å². The van der Waals surface area contributed by atoms with Gasteiger partial charge in [-0.25, -0.2) is 0 Å². The minimum Gasteiger partial charge on any atom is -0.489 e. The van der Waals surface area contributed by atoms with Crippen LogP contribution in [0.4, 0.5) is 0 Å². The lowest BCUT2D eigenvalue weighted by atomic mass is 9.94. The van der Waals surface area contributed by atoms with Crippen LogP contribution in [-0.4, -0.2) is 13.1 Å². The van der Waals surface area contributed by atoms with Crippen LogP contribution in [0.1, 0.15) is 29.2 Å². The van der Waals surface area contributed by atoms with E-state index in [1.54, 1.807) is 0 Å². The molecule has 0 amide bonds. The van der Waals surface area contributed by atoms with Crippen LogP contribution in [0, 0.1) is 0 Å². The van der Waals surface area contributed by atoms with Crippen LogP contribution in [0.15, 0.2) is 41.8 Å². The van der Waals surface area contributed by atoms with Gasteiger partial charge in [0.2, 0.25) is 0 Å². The summed E-state index contributed by atoms with van der Waals surface area (Å²) in [5.41, 5.74) is 1.36. The second-order valence-electron chi connectivity index (χ2n) is 4.94. The summed E-state index contributed by atoms with van der Waals surface area (Å²) in [5.74, 6) is 1.67. The Labute approximate surface area is 118 Å². The average Bonchev–Trinajstić information content (AvgIpc) is 2.95. The van der Waals surface area contributed by atoms with Crippen molar-refractivity contribution < 1.29 is 4.74 Å². The number of piperidine rings is 1. The van der Waals surface area contributed by atoms with Gasteiger partial charge >= 0.3 is 0 Å². The van der Waals surface area contributed by atoms with E-state index in [9.17, 15) is 0 Å². The van der Waals surface area contributed by atoms with E-state index >= 15 is 0 Å². The third-order valence-corrected chi connectivity index (χ3v) is 4.75. The zero-order chi connectivity index (χ0) is 12.9. The number of nitrogens with one attached hydrogen (secondary N) is 1. The molecule has 1 aliphatic heterocycles. The minimum atomic E-state index is 0.687. The predicted molar refractivity (Wildman–Crippen MR) is 79.9 cm³/mol. The Morgan fingerprint density at radius 3 is 2.68 bits per heavy atom. The van der Waals surface area contributed by atoms with Crippen LogP contribution in [0.3, 0.4) is 0 Å². The standard InChI is InChI=1S/C16H19NOS/c1-2-4-15(5-3-1)18-12-14-8-11-19-16(14)13-6-9-17-10-7-13/h1-5,8,11,13,17H,6-7,9-10,12H2. The Hall–Kier alpha value is -1.32. The van der Waals surface area contributed by atoms with E-state index in [1.165, 1.54) is 23.3 Å². The molecule has 2 aromatic rings. The van der Waals surface area contributed by atoms with Crippen molar-refractivity contribution in [2.45, 2.75) is 25.4 Å². The number of hydrogen-bond donors (Lipinski definition) is 1. The Kier molecular flexibility index (Phi) is 4.16. The van der Waals surface area contributed by atoms with Crippen LogP contribution < -0.4 is 10.1 Å². The van der Waals surface area contributed by atoms with E-state index < -0.39 is 0 Å². The van der Waals surface area contributed by atoms with Crippen LogP contribution in [0.2, 0.25) is 0 Å². The number of hydrogen-bond acceptors (Lipinski definition) is 3. The molecule has 3 heteroatoms. The lowest BCUT2D eigenvalue weighted by Crippen LogP contribution is -2.26. The fraction of sp³-hybridized carbons (Fsp3) is 0.375. The largest absolute Gasteiger partial charge is 0.489 e. The molecule has 19 heavy (non-hydrogen) atoms. The molecule has 3 rings (SSSR count). The fourth-order valence-electron chi connectivity index (χ4n) is 2.59. The minimum absolute atomic E-state index is 0.687. The molecule has 2 heterocycles. The van der Waals surface area contributed by atoms with E-state index in [-0.39, 0.29) is 0 Å². The molecule has 100 valence electrons. The van der Waals surface area contributed by atoms with Gasteiger partial charge in [-0.2, -0.15) is 0 Å².